The zero-order valence-electron chi connectivity index (χ0n) is 18.2. The molecule has 0 atom stereocenters. The van der Waals surface area contributed by atoms with Gasteiger partial charge >= 0.3 is 0 Å². The zero-order valence-corrected chi connectivity index (χ0v) is 20.6. The molecule has 5 aromatic rings. The highest BCUT2D eigenvalue weighted by molar-refractivity contribution is 9.10. The Kier molecular flexibility index (Phi) is 6.51. The van der Waals surface area contributed by atoms with Crippen LogP contribution in [-0.4, -0.2) is 28.1 Å². The van der Waals surface area contributed by atoms with Crippen molar-refractivity contribution in [3.63, 3.8) is 0 Å². The Labute approximate surface area is 209 Å². The van der Waals surface area contributed by atoms with E-state index in [9.17, 15) is 0 Å². The van der Waals surface area contributed by atoms with E-state index in [1.54, 1.807) is 13.3 Å². The summed E-state index contributed by atoms with van der Waals surface area (Å²) in [5, 5.41) is 12.0. The first kappa shape index (κ1) is 22.1. The van der Waals surface area contributed by atoms with Gasteiger partial charge in [-0.15, -0.1) is 11.3 Å². The van der Waals surface area contributed by atoms with Crippen molar-refractivity contribution < 1.29 is 4.74 Å². The lowest BCUT2D eigenvalue weighted by molar-refractivity contribution is 0.415. The summed E-state index contributed by atoms with van der Waals surface area (Å²) in [6, 6.07) is 25.9. The van der Waals surface area contributed by atoms with Crippen molar-refractivity contribution in [3.05, 3.63) is 100 Å². The number of ether oxygens (including phenoxy) is 1. The molecule has 3 aromatic carbocycles. The van der Waals surface area contributed by atoms with E-state index in [-0.39, 0.29) is 0 Å². The van der Waals surface area contributed by atoms with Crippen LogP contribution < -0.4 is 10.2 Å². The number of benzene rings is 3. The van der Waals surface area contributed by atoms with Gasteiger partial charge < -0.3 is 4.74 Å². The Morgan fingerprint density at radius 1 is 0.971 bits per heavy atom. The number of hydrogen-bond acceptors (Lipinski definition) is 6. The fourth-order valence-electron chi connectivity index (χ4n) is 3.40. The van der Waals surface area contributed by atoms with Crippen LogP contribution in [0.15, 0.2) is 100 Å². The second kappa shape index (κ2) is 10.0. The molecule has 0 aliphatic carbocycles. The molecule has 0 aliphatic heterocycles. The summed E-state index contributed by atoms with van der Waals surface area (Å²) in [7, 11) is 1.66. The summed E-state index contributed by atoms with van der Waals surface area (Å²) in [6.45, 7) is 0. The first-order valence-corrected chi connectivity index (χ1v) is 12.2. The second-order valence-corrected chi connectivity index (χ2v) is 9.13. The van der Waals surface area contributed by atoms with Crippen molar-refractivity contribution in [3.8, 4) is 34.0 Å². The minimum atomic E-state index is 0.718. The van der Waals surface area contributed by atoms with Crippen molar-refractivity contribution >= 4 is 38.6 Å². The minimum absolute atomic E-state index is 0.718. The van der Waals surface area contributed by atoms with Gasteiger partial charge in [-0.1, -0.05) is 46.3 Å². The largest absolute Gasteiger partial charge is 0.497 e. The molecule has 0 radical (unpaired) electrons. The molecule has 168 valence electrons. The number of hydrogen-bond donors (Lipinski definition) is 1. The van der Waals surface area contributed by atoms with Crippen molar-refractivity contribution in [2.45, 2.75) is 0 Å². The van der Waals surface area contributed by atoms with E-state index >= 15 is 0 Å². The van der Waals surface area contributed by atoms with Crippen LogP contribution >= 0.6 is 27.3 Å². The molecule has 2 aromatic heterocycles. The number of methoxy groups -OCH3 is 1. The number of thiazole rings is 1. The Bertz CT molecular complexity index is 1410. The molecule has 1 N–H and O–H groups in total. The highest BCUT2D eigenvalue weighted by atomic mass is 79.9. The summed E-state index contributed by atoms with van der Waals surface area (Å²) in [4.78, 5) is 4.64. The molecule has 0 unspecified atom stereocenters. The molecule has 0 amide bonds. The van der Waals surface area contributed by atoms with E-state index < -0.39 is 0 Å². The second-order valence-electron chi connectivity index (χ2n) is 7.36. The predicted octanol–water partition coefficient (Wildman–Crippen LogP) is 6.88. The van der Waals surface area contributed by atoms with E-state index in [0.29, 0.717) is 0 Å². The highest BCUT2D eigenvalue weighted by Crippen LogP contribution is 2.27. The standard InChI is InChI=1S/C26H20BrN5OS/c1-33-23-13-9-19(10-14-23)25-20(16-32(31-25)22-5-3-2-4-6-22)15-28-30-26-29-24(17-34-26)18-7-11-21(27)12-8-18/h2-17H,1H3,(H,29,30)/b28-15-. The van der Waals surface area contributed by atoms with Gasteiger partial charge in [-0.3, -0.25) is 5.43 Å². The topological polar surface area (TPSA) is 64.3 Å². The van der Waals surface area contributed by atoms with Gasteiger partial charge in [0.05, 0.1) is 24.7 Å². The maximum Gasteiger partial charge on any atom is 0.203 e. The van der Waals surface area contributed by atoms with Crippen LogP contribution in [0.25, 0.3) is 28.2 Å². The Morgan fingerprint density at radius 3 is 2.44 bits per heavy atom. The maximum absolute atomic E-state index is 5.29. The van der Waals surface area contributed by atoms with Crippen molar-refractivity contribution in [2.75, 3.05) is 12.5 Å². The van der Waals surface area contributed by atoms with Gasteiger partial charge in [0.1, 0.15) is 11.4 Å². The van der Waals surface area contributed by atoms with Crippen LogP contribution in [-0.2, 0) is 0 Å². The van der Waals surface area contributed by atoms with Crippen LogP contribution in [0, 0.1) is 0 Å². The Hall–Kier alpha value is -3.75. The van der Waals surface area contributed by atoms with Gasteiger partial charge in [0, 0.05) is 32.7 Å². The molecule has 0 saturated heterocycles. The molecule has 0 spiro atoms. The quantitative estimate of drug-likeness (QED) is 0.184. The third-order valence-electron chi connectivity index (χ3n) is 5.13. The summed E-state index contributed by atoms with van der Waals surface area (Å²) < 4.78 is 8.19. The number of hydrazone groups is 1. The van der Waals surface area contributed by atoms with Crippen LogP contribution in [0.5, 0.6) is 5.75 Å². The SMILES string of the molecule is COc1ccc(-c2nn(-c3ccccc3)cc2/C=N\Nc2nc(-c3ccc(Br)cc3)cs2)cc1. The molecule has 6 nitrogen and oxygen atoms in total. The molecule has 5 rings (SSSR count). The van der Waals surface area contributed by atoms with Crippen LogP contribution in [0.4, 0.5) is 5.13 Å². The lowest BCUT2D eigenvalue weighted by atomic mass is 10.1. The number of nitrogens with zero attached hydrogens (tertiary/aromatic N) is 4. The first-order valence-electron chi connectivity index (χ1n) is 10.5. The third-order valence-corrected chi connectivity index (χ3v) is 6.41. The molecule has 0 fully saturated rings. The summed E-state index contributed by atoms with van der Waals surface area (Å²) in [6.07, 6.45) is 3.74. The molecular formula is C26H20BrN5OS. The highest BCUT2D eigenvalue weighted by Gasteiger charge is 2.12. The number of nitrogens with one attached hydrogen (secondary N) is 1. The molecule has 0 bridgehead atoms. The van der Waals surface area contributed by atoms with E-state index in [4.69, 9.17) is 9.84 Å². The zero-order chi connectivity index (χ0) is 23.3. The van der Waals surface area contributed by atoms with Crippen molar-refractivity contribution in [1.82, 2.24) is 14.8 Å². The van der Waals surface area contributed by atoms with Crippen LogP contribution in [0.1, 0.15) is 5.56 Å². The molecular weight excluding hydrogens is 510 g/mol. The number of halogens is 1. The van der Waals surface area contributed by atoms with Crippen molar-refractivity contribution in [1.29, 1.82) is 0 Å². The van der Waals surface area contributed by atoms with E-state index in [1.165, 1.54) is 11.3 Å². The lowest BCUT2D eigenvalue weighted by Crippen LogP contribution is -1.94. The van der Waals surface area contributed by atoms with E-state index in [1.807, 2.05) is 95.1 Å². The van der Waals surface area contributed by atoms with Crippen molar-refractivity contribution in [2.24, 2.45) is 5.10 Å². The van der Waals surface area contributed by atoms with Crippen LogP contribution in [0.3, 0.4) is 0 Å². The number of anilines is 1. The Balaban J connectivity index is 1.41. The van der Waals surface area contributed by atoms with Gasteiger partial charge in [-0.25, -0.2) is 9.67 Å². The monoisotopic (exact) mass is 529 g/mol. The van der Waals surface area contributed by atoms with Gasteiger partial charge in [-0.05, 0) is 48.5 Å². The molecule has 2 heterocycles. The fraction of sp³-hybridized carbons (Fsp3) is 0.0385. The maximum atomic E-state index is 5.29. The van der Waals surface area contributed by atoms with Gasteiger partial charge in [0.25, 0.3) is 0 Å². The van der Waals surface area contributed by atoms with Crippen LogP contribution in [0.2, 0.25) is 0 Å². The number of rotatable bonds is 7. The van der Waals surface area contributed by atoms with E-state index in [0.717, 1.165) is 49.1 Å². The molecule has 34 heavy (non-hydrogen) atoms. The Morgan fingerprint density at radius 2 is 1.71 bits per heavy atom. The fourth-order valence-corrected chi connectivity index (χ4v) is 4.34. The summed E-state index contributed by atoms with van der Waals surface area (Å²) in [5.74, 6) is 0.800. The third kappa shape index (κ3) is 4.93. The number of para-hydroxylation sites is 1. The molecule has 0 saturated carbocycles. The smallest absolute Gasteiger partial charge is 0.203 e. The van der Waals surface area contributed by atoms with Gasteiger partial charge in [0.15, 0.2) is 0 Å². The van der Waals surface area contributed by atoms with E-state index in [2.05, 4.69) is 31.4 Å². The number of aromatic nitrogens is 3. The summed E-state index contributed by atoms with van der Waals surface area (Å²) in [5.41, 5.74) is 8.68. The minimum Gasteiger partial charge on any atom is -0.497 e. The predicted molar refractivity (Wildman–Crippen MR) is 142 cm³/mol. The first-order chi connectivity index (χ1) is 16.7. The average molecular weight is 530 g/mol. The summed E-state index contributed by atoms with van der Waals surface area (Å²) >= 11 is 4.97. The normalized spacial score (nSPS) is 11.1. The average Bonchev–Trinajstić information content (AvgIpc) is 3.53. The lowest BCUT2D eigenvalue weighted by Gasteiger charge is -2.02. The van der Waals surface area contributed by atoms with Gasteiger partial charge in [0.2, 0.25) is 5.13 Å². The van der Waals surface area contributed by atoms with Gasteiger partial charge in [-0.2, -0.15) is 10.2 Å². The molecule has 0 aliphatic rings. The molecule has 8 heteroatoms.